The lowest BCUT2D eigenvalue weighted by atomic mass is 10.3. The SMILES string of the molecule is CC(C)N(CCC(=O)O)S(=O)(=O)c1c(Cl)cccc1Cl. The van der Waals surface area contributed by atoms with Crippen molar-refractivity contribution in [2.75, 3.05) is 6.54 Å². The highest BCUT2D eigenvalue weighted by Crippen LogP contribution is 2.32. The summed E-state index contributed by atoms with van der Waals surface area (Å²) < 4.78 is 26.3. The maximum Gasteiger partial charge on any atom is 0.304 e. The predicted molar refractivity (Wildman–Crippen MR) is 77.7 cm³/mol. The van der Waals surface area contributed by atoms with Crippen molar-refractivity contribution < 1.29 is 18.3 Å². The van der Waals surface area contributed by atoms with Gasteiger partial charge in [0.2, 0.25) is 10.0 Å². The second-order valence-corrected chi connectivity index (χ2v) is 7.05. The van der Waals surface area contributed by atoms with Gasteiger partial charge in [0, 0.05) is 12.6 Å². The zero-order valence-corrected chi connectivity index (χ0v) is 13.3. The van der Waals surface area contributed by atoms with E-state index in [4.69, 9.17) is 28.3 Å². The Bertz CT molecular complexity index is 581. The van der Waals surface area contributed by atoms with Gasteiger partial charge >= 0.3 is 5.97 Å². The van der Waals surface area contributed by atoms with Gasteiger partial charge in [0.05, 0.1) is 16.5 Å². The molecule has 1 aromatic carbocycles. The molecule has 0 aromatic heterocycles. The van der Waals surface area contributed by atoms with Crippen molar-refractivity contribution in [1.29, 1.82) is 0 Å². The number of carboxylic acid groups (broad SMARTS) is 1. The van der Waals surface area contributed by atoms with E-state index in [-0.39, 0.29) is 27.9 Å². The van der Waals surface area contributed by atoms with Crippen LogP contribution in [0.25, 0.3) is 0 Å². The summed E-state index contributed by atoms with van der Waals surface area (Å²) >= 11 is 11.8. The smallest absolute Gasteiger partial charge is 0.304 e. The Kier molecular flexibility index (Phi) is 5.82. The van der Waals surface area contributed by atoms with E-state index in [0.717, 1.165) is 4.31 Å². The van der Waals surface area contributed by atoms with Crippen LogP contribution in [0.3, 0.4) is 0 Å². The van der Waals surface area contributed by atoms with Crippen LogP contribution in [0.1, 0.15) is 20.3 Å². The molecule has 1 N–H and O–H groups in total. The monoisotopic (exact) mass is 339 g/mol. The van der Waals surface area contributed by atoms with E-state index in [1.165, 1.54) is 12.1 Å². The van der Waals surface area contributed by atoms with Crippen molar-refractivity contribution in [1.82, 2.24) is 4.31 Å². The van der Waals surface area contributed by atoms with E-state index in [9.17, 15) is 13.2 Å². The van der Waals surface area contributed by atoms with Gasteiger partial charge in [-0.3, -0.25) is 4.79 Å². The van der Waals surface area contributed by atoms with Crippen molar-refractivity contribution in [2.45, 2.75) is 31.2 Å². The Hall–Kier alpha value is -0.820. The quantitative estimate of drug-likeness (QED) is 0.864. The number of halogens is 2. The van der Waals surface area contributed by atoms with E-state index >= 15 is 0 Å². The third-order valence-corrected chi connectivity index (χ3v) is 5.64. The lowest BCUT2D eigenvalue weighted by Crippen LogP contribution is -2.38. The first-order valence-corrected chi connectivity index (χ1v) is 8.05. The molecule has 0 saturated heterocycles. The minimum absolute atomic E-state index is 0.0125. The lowest BCUT2D eigenvalue weighted by Gasteiger charge is -2.26. The van der Waals surface area contributed by atoms with Crippen LogP contribution in [0.5, 0.6) is 0 Å². The number of nitrogens with zero attached hydrogens (tertiary/aromatic N) is 1. The summed E-state index contributed by atoms with van der Waals surface area (Å²) in [5.41, 5.74) is 0. The number of hydrogen-bond acceptors (Lipinski definition) is 3. The van der Waals surface area contributed by atoms with Crippen molar-refractivity contribution in [3.05, 3.63) is 28.2 Å². The Balaban J connectivity index is 3.27. The maximum atomic E-state index is 12.6. The van der Waals surface area contributed by atoms with Gasteiger partial charge in [0.25, 0.3) is 0 Å². The number of rotatable bonds is 6. The predicted octanol–water partition coefficient (Wildman–Crippen LogP) is 2.87. The van der Waals surface area contributed by atoms with Crippen LogP contribution in [0.2, 0.25) is 10.0 Å². The summed E-state index contributed by atoms with van der Waals surface area (Å²) in [6.07, 6.45) is -0.292. The third-order valence-electron chi connectivity index (χ3n) is 2.61. The molecular weight excluding hydrogens is 325 g/mol. The van der Waals surface area contributed by atoms with Gasteiger partial charge in [-0.1, -0.05) is 29.3 Å². The van der Waals surface area contributed by atoms with Gasteiger partial charge in [-0.15, -0.1) is 0 Å². The molecular formula is C12H15Cl2NO4S. The molecule has 0 aliphatic heterocycles. The van der Waals surface area contributed by atoms with Crippen molar-refractivity contribution in [3.8, 4) is 0 Å². The maximum absolute atomic E-state index is 12.6. The average Bonchev–Trinajstić information content (AvgIpc) is 2.26. The van der Waals surface area contributed by atoms with Crippen molar-refractivity contribution >= 4 is 39.2 Å². The topological polar surface area (TPSA) is 74.7 Å². The number of hydrogen-bond donors (Lipinski definition) is 1. The highest BCUT2D eigenvalue weighted by molar-refractivity contribution is 7.89. The molecule has 0 atom stereocenters. The van der Waals surface area contributed by atoms with E-state index in [2.05, 4.69) is 0 Å². The first kappa shape index (κ1) is 17.2. The summed E-state index contributed by atoms with van der Waals surface area (Å²) in [5.74, 6) is -1.07. The van der Waals surface area contributed by atoms with Crippen LogP contribution in [0.4, 0.5) is 0 Å². The van der Waals surface area contributed by atoms with Crippen LogP contribution in [-0.2, 0) is 14.8 Å². The molecule has 5 nitrogen and oxygen atoms in total. The minimum atomic E-state index is -3.95. The largest absolute Gasteiger partial charge is 0.481 e. The first-order chi connectivity index (χ1) is 9.17. The van der Waals surface area contributed by atoms with Crippen molar-refractivity contribution in [2.24, 2.45) is 0 Å². The molecule has 1 aromatic rings. The highest BCUT2D eigenvalue weighted by atomic mass is 35.5. The fourth-order valence-electron chi connectivity index (χ4n) is 1.71. The fourth-order valence-corrected chi connectivity index (χ4v) is 4.44. The van der Waals surface area contributed by atoms with Crippen LogP contribution in [0, 0.1) is 0 Å². The number of sulfonamides is 1. The van der Waals surface area contributed by atoms with Crippen LogP contribution < -0.4 is 0 Å². The number of carbonyl (C=O) groups is 1. The molecule has 8 heteroatoms. The second kappa shape index (κ2) is 6.76. The molecule has 1 rings (SSSR count). The molecule has 20 heavy (non-hydrogen) atoms. The molecule has 0 fully saturated rings. The van der Waals surface area contributed by atoms with Crippen LogP contribution in [-0.4, -0.2) is 36.4 Å². The normalized spacial score (nSPS) is 12.1. The third kappa shape index (κ3) is 3.85. The second-order valence-electron chi connectivity index (χ2n) is 4.40. The summed E-state index contributed by atoms with van der Waals surface area (Å²) in [4.78, 5) is 10.5. The summed E-state index contributed by atoms with van der Waals surface area (Å²) in [7, 11) is -3.95. The molecule has 0 unspecified atom stereocenters. The molecule has 0 bridgehead atoms. The molecule has 0 aliphatic rings. The molecule has 0 heterocycles. The van der Waals surface area contributed by atoms with Gasteiger partial charge in [-0.25, -0.2) is 8.42 Å². The summed E-state index contributed by atoms with van der Waals surface area (Å²) in [6.45, 7) is 3.17. The van der Waals surface area contributed by atoms with Crippen molar-refractivity contribution in [3.63, 3.8) is 0 Å². The molecule has 0 amide bonds. The van der Waals surface area contributed by atoms with Gasteiger partial charge in [-0.2, -0.15) is 4.31 Å². The minimum Gasteiger partial charge on any atom is -0.481 e. The zero-order valence-electron chi connectivity index (χ0n) is 11.0. The summed E-state index contributed by atoms with van der Waals surface area (Å²) in [5, 5.41) is 8.74. The van der Waals surface area contributed by atoms with Gasteiger partial charge in [0.1, 0.15) is 4.90 Å². The van der Waals surface area contributed by atoms with Gasteiger partial charge < -0.3 is 5.11 Å². The molecule has 0 radical (unpaired) electrons. The standard InChI is InChI=1S/C12H15Cl2NO4S/c1-8(2)15(7-6-11(16)17)20(18,19)12-9(13)4-3-5-10(12)14/h3-5,8H,6-7H2,1-2H3,(H,16,17). The van der Waals surface area contributed by atoms with E-state index < -0.39 is 22.0 Å². The number of aliphatic carboxylic acids is 1. The zero-order chi connectivity index (χ0) is 15.5. The Morgan fingerprint density at radius 2 is 1.80 bits per heavy atom. The Labute approximate surface area is 128 Å². The van der Waals surface area contributed by atoms with Crippen LogP contribution in [0.15, 0.2) is 23.1 Å². The highest BCUT2D eigenvalue weighted by Gasteiger charge is 2.31. The fraction of sp³-hybridized carbons (Fsp3) is 0.417. The van der Waals surface area contributed by atoms with Gasteiger partial charge in [-0.05, 0) is 26.0 Å². The Morgan fingerprint density at radius 1 is 1.30 bits per heavy atom. The summed E-state index contributed by atoms with van der Waals surface area (Å²) in [6, 6.07) is 3.99. The first-order valence-electron chi connectivity index (χ1n) is 5.85. The lowest BCUT2D eigenvalue weighted by molar-refractivity contribution is -0.137. The van der Waals surface area contributed by atoms with E-state index in [0.29, 0.717) is 0 Å². The molecule has 0 saturated carbocycles. The Morgan fingerprint density at radius 3 is 2.20 bits per heavy atom. The molecule has 0 spiro atoms. The average molecular weight is 340 g/mol. The number of carboxylic acids is 1. The van der Waals surface area contributed by atoms with E-state index in [1.807, 2.05) is 0 Å². The van der Waals surface area contributed by atoms with Gasteiger partial charge in [0.15, 0.2) is 0 Å². The molecule has 112 valence electrons. The number of benzene rings is 1. The molecule has 0 aliphatic carbocycles. The van der Waals surface area contributed by atoms with Crippen LogP contribution >= 0.6 is 23.2 Å². The van der Waals surface area contributed by atoms with E-state index in [1.54, 1.807) is 19.9 Å².